The van der Waals surface area contributed by atoms with Gasteiger partial charge in [-0.15, -0.1) is 11.6 Å². The van der Waals surface area contributed by atoms with Gasteiger partial charge >= 0.3 is 5.69 Å². The minimum Gasteiger partial charge on any atom is -0.392 e. The average Bonchev–Trinajstić information content (AvgIpc) is 2.59. The first-order valence-electron chi connectivity index (χ1n) is 5.63. The highest BCUT2D eigenvalue weighted by atomic mass is 35.5. The Morgan fingerprint density at radius 2 is 2.33 bits per heavy atom. The number of aromatic nitrogens is 2. The first kappa shape index (κ1) is 14.7. The summed E-state index contributed by atoms with van der Waals surface area (Å²) in [4.78, 5) is 10.5. The van der Waals surface area contributed by atoms with Crippen LogP contribution < -0.4 is 5.32 Å². The molecule has 2 N–H and O–H groups in total. The molecule has 1 aromatic rings. The molecule has 1 unspecified atom stereocenters. The molecule has 0 aliphatic heterocycles. The van der Waals surface area contributed by atoms with E-state index in [2.05, 4.69) is 10.4 Å². The zero-order chi connectivity index (χ0) is 13.7. The highest BCUT2D eigenvalue weighted by Crippen LogP contribution is 2.27. The van der Waals surface area contributed by atoms with E-state index < -0.39 is 11.0 Å². The Balaban J connectivity index is 2.59. The lowest BCUT2D eigenvalue weighted by molar-refractivity contribution is -0.384. The van der Waals surface area contributed by atoms with Crippen molar-refractivity contribution in [3.8, 4) is 0 Å². The van der Waals surface area contributed by atoms with Crippen LogP contribution in [0.3, 0.4) is 0 Å². The van der Waals surface area contributed by atoms with Gasteiger partial charge in [-0.2, -0.15) is 5.10 Å². The molecule has 0 saturated carbocycles. The van der Waals surface area contributed by atoms with Crippen molar-refractivity contribution in [2.24, 2.45) is 7.05 Å². The molecule has 1 rings (SSSR count). The highest BCUT2D eigenvalue weighted by molar-refractivity contribution is 6.18. The van der Waals surface area contributed by atoms with Crippen LogP contribution >= 0.6 is 11.6 Å². The number of aliphatic hydroxyl groups is 1. The number of rotatable bonds is 7. The largest absolute Gasteiger partial charge is 0.392 e. The van der Waals surface area contributed by atoms with Gasteiger partial charge in [-0.25, -0.2) is 4.68 Å². The fourth-order valence-electron chi connectivity index (χ4n) is 1.69. The van der Waals surface area contributed by atoms with E-state index in [0.29, 0.717) is 30.9 Å². The third-order valence-electron chi connectivity index (χ3n) is 2.56. The maximum Gasteiger partial charge on any atom is 0.333 e. The fourth-order valence-corrected chi connectivity index (χ4v) is 1.84. The molecule has 0 amide bonds. The monoisotopic (exact) mass is 276 g/mol. The standard InChI is InChI=1S/C10H17ClN4O3/c1-7-9(15(17)18)10(14(2)13-7)12-5-3-4-8(16)6-11/h8,12,16H,3-6H2,1-2H3. The van der Waals surface area contributed by atoms with Crippen molar-refractivity contribution in [2.75, 3.05) is 17.7 Å². The van der Waals surface area contributed by atoms with Crippen LogP contribution in [0.5, 0.6) is 0 Å². The van der Waals surface area contributed by atoms with Crippen molar-refractivity contribution in [3.05, 3.63) is 15.8 Å². The molecule has 0 aromatic carbocycles. The van der Waals surface area contributed by atoms with Crippen molar-refractivity contribution in [3.63, 3.8) is 0 Å². The van der Waals surface area contributed by atoms with Crippen molar-refractivity contribution in [2.45, 2.75) is 25.9 Å². The van der Waals surface area contributed by atoms with Crippen LogP contribution in [0.15, 0.2) is 0 Å². The molecule has 1 aromatic heterocycles. The summed E-state index contributed by atoms with van der Waals surface area (Å²) in [6, 6.07) is 0. The predicted octanol–water partition coefficient (Wildman–Crippen LogP) is 1.43. The lowest BCUT2D eigenvalue weighted by Crippen LogP contribution is -2.13. The van der Waals surface area contributed by atoms with Gasteiger partial charge in [-0.3, -0.25) is 10.1 Å². The Bertz CT molecular complexity index is 422. The second-order valence-electron chi connectivity index (χ2n) is 4.04. The van der Waals surface area contributed by atoms with E-state index in [1.165, 1.54) is 4.68 Å². The Morgan fingerprint density at radius 1 is 1.67 bits per heavy atom. The van der Waals surface area contributed by atoms with Gasteiger partial charge in [0, 0.05) is 19.5 Å². The van der Waals surface area contributed by atoms with Crippen LogP contribution in [0.4, 0.5) is 11.5 Å². The minimum atomic E-state index is -0.531. The predicted molar refractivity (Wildman–Crippen MR) is 69.0 cm³/mol. The molecule has 102 valence electrons. The molecular weight excluding hydrogens is 260 g/mol. The van der Waals surface area contributed by atoms with Crippen LogP contribution in [0, 0.1) is 17.0 Å². The Kier molecular flexibility index (Phi) is 5.36. The zero-order valence-electron chi connectivity index (χ0n) is 10.4. The fraction of sp³-hybridized carbons (Fsp3) is 0.700. The van der Waals surface area contributed by atoms with E-state index >= 15 is 0 Å². The molecule has 0 aliphatic rings. The lowest BCUT2D eigenvalue weighted by atomic mass is 10.2. The summed E-state index contributed by atoms with van der Waals surface area (Å²) in [6.07, 6.45) is 0.702. The maximum atomic E-state index is 10.9. The van der Waals surface area contributed by atoms with Crippen molar-refractivity contribution in [1.29, 1.82) is 0 Å². The summed E-state index contributed by atoms with van der Waals surface area (Å²) in [5.74, 6) is 0.586. The normalized spacial score (nSPS) is 12.4. The highest BCUT2D eigenvalue weighted by Gasteiger charge is 2.23. The molecule has 1 atom stereocenters. The molecule has 0 fully saturated rings. The summed E-state index contributed by atoms with van der Waals surface area (Å²) in [5.41, 5.74) is 0.376. The van der Waals surface area contributed by atoms with Crippen LogP contribution in [-0.4, -0.2) is 38.3 Å². The van der Waals surface area contributed by atoms with E-state index in [1.807, 2.05) is 0 Å². The zero-order valence-corrected chi connectivity index (χ0v) is 11.1. The molecule has 1 heterocycles. The summed E-state index contributed by atoms with van der Waals surface area (Å²) in [6.45, 7) is 2.12. The van der Waals surface area contributed by atoms with E-state index in [1.54, 1.807) is 14.0 Å². The third kappa shape index (κ3) is 3.58. The molecular formula is C10H17ClN4O3. The van der Waals surface area contributed by atoms with Crippen LogP contribution in [0.1, 0.15) is 18.5 Å². The van der Waals surface area contributed by atoms with Gasteiger partial charge in [0.15, 0.2) is 0 Å². The molecule has 0 radical (unpaired) electrons. The van der Waals surface area contributed by atoms with E-state index in [9.17, 15) is 15.2 Å². The number of aryl methyl sites for hydroxylation is 2. The molecule has 0 saturated heterocycles. The van der Waals surface area contributed by atoms with Crippen LogP contribution in [-0.2, 0) is 7.05 Å². The first-order valence-corrected chi connectivity index (χ1v) is 6.16. The van der Waals surface area contributed by atoms with Gasteiger partial charge in [0.2, 0.25) is 5.82 Å². The smallest absolute Gasteiger partial charge is 0.333 e. The van der Waals surface area contributed by atoms with E-state index in [0.717, 1.165) is 0 Å². The van der Waals surface area contributed by atoms with Crippen molar-refractivity contribution in [1.82, 2.24) is 9.78 Å². The van der Waals surface area contributed by atoms with Gasteiger partial charge in [0.25, 0.3) is 0 Å². The Labute approximate surface area is 110 Å². The van der Waals surface area contributed by atoms with Gasteiger partial charge in [-0.1, -0.05) is 0 Å². The number of nitrogens with one attached hydrogen (secondary N) is 1. The summed E-state index contributed by atoms with van der Waals surface area (Å²) < 4.78 is 1.45. The topological polar surface area (TPSA) is 93.2 Å². The van der Waals surface area contributed by atoms with Crippen LogP contribution in [0.2, 0.25) is 0 Å². The molecule has 18 heavy (non-hydrogen) atoms. The van der Waals surface area contributed by atoms with Gasteiger partial charge < -0.3 is 10.4 Å². The van der Waals surface area contributed by atoms with Gasteiger partial charge in [0.1, 0.15) is 5.69 Å². The number of nitrogens with zero attached hydrogens (tertiary/aromatic N) is 3. The summed E-state index contributed by atoms with van der Waals surface area (Å²) in [7, 11) is 1.65. The molecule has 7 nitrogen and oxygen atoms in total. The quantitative estimate of drug-likeness (QED) is 0.340. The number of halogens is 1. The average molecular weight is 277 g/mol. The molecule has 0 aliphatic carbocycles. The summed E-state index contributed by atoms with van der Waals surface area (Å²) >= 11 is 5.47. The van der Waals surface area contributed by atoms with E-state index in [-0.39, 0.29) is 11.6 Å². The Morgan fingerprint density at radius 3 is 2.89 bits per heavy atom. The molecule has 0 bridgehead atoms. The van der Waals surface area contributed by atoms with Gasteiger partial charge in [-0.05, 0) is 19.8 Å². The van der Waals surface area contributed by atoms with Crippen molar-refractivity contribution >= 4 is 23.1 Å². The molecule has 8 heteroatoms. The minimum absolute atomic E-state index is 0.00427. The van der Waals surface area contributed by atoms with Gasteiger partial charge in [0.05, 0.1) is 11.0 Å². The lowest BCUT2D eigenvalue weighted by Gasteiger charge is -2.08. The number of anilines is 1. The SMILES string of the molecule is Cc1nn(C)c(NCCCC(O)CCl)c1[N+](=O)[O-]. The number of alkyl halides is 1. The number of hydrogen-bond acceptors (Lipinski definition) is 5. The van der Waals surface area contributed by atoms with Crippen molar-refractivity contribution < 1.29 is 10.0 Å². The second kappa shape index (κ2) is 6.55. The molecule has 0 spiro atoms. The summed E-state index contributed by atoms with van der Waals surface area (Å²) in [5, 5.41) is 27.1. The van der Waals surface area contributed by atoms with E-state index in [4.69, 9.17) is 11.6 Å². The first-order chi connectivity index (χ1) is 8.47. The number of aliphatic hydroxyl groups excluding tert-OH is 1. The second-order valence-corrected chi connectivity index (χ2v) is 4.35. The maximum absolute atomic E-state index is 10.9. The number of nitro groups is 1. The van der Waals surface area contributed by atoms with Crippen LogP contribution in [0.25, 0.3) is 0 Å². The number of hydrogen-bond donors (Lipinski definition) is 2. The Hall–Kier alpha value is -1.34. The third-order valence-corrected chi connectivity index (χ3v) is 2.91.